The number of hydrogen-bond donors (Lipinski definition) is 1. The molecular formula is C31H30F3N3O5S. The van der Waals surface area contributed by atoms with Gasteiger partial charge in [-0.15, -0.1) is 11.3 Å². The lowest BCUT2D eigenvalue weighted by Gasteiger charge is -2.31. The van der Waals surface area contributed by atoms with Crippen molar-refractivity contribution in [2.45, 2.75) is 39.3 Å². The minimum Gasteiger partial charge on any atom is -0.490 e. The molecule has 0 atom stereocenters. The Morgan fingerprint density at radius 2 is 1.81 bits per heavy atom. The number of carbonyl (C=O) groups excluding carboxylic acids is 2. The Labute approximate surface area is 250 Å². The first-order valence-electron chi connectivity index (χ1n) is 13.5. The van der Waals surface area contributed by atoms with Crippen LogP contribution in [0.3, 0.4) is 0 Å². The van der Waals surface area contributed by atoms with Crippen molar-refractivity contribution in [1.82, 2.24) is 9.88 Å². The zero-order chi connectivity index (χ0) is 31.1. The molecule has 8 nitrogen and oxygen atoms in total. The molecule has 2 N–H and O–H groups in total. The van der Waals surface area contributed by atoms with Gasteiger partial charge in [-0.05, 0) is 44.4 Å². The average molecular weight is 614 g/mol. The predicted molar refractivity (Wildman–Crippen MR) is 157 cm³/mol. The molecule has 0 fully saturated rings. The Hall–Kier alpha value is -4.16. The Kier molecular flexibility index (Phi) is 8.35. The van der Waals surface area contributed by atoms with Crippen molar-refractivity contribution >= 4 is 33.4 Å². The summed E-state index contributed by atoms with van der Waals surface area (Å²) in [5.74, 6) is -3.73. The third kappa shape index (κ3) is 6.16. The number of nitrogens with two attached hydrogens (primary N) is 1. The first kappa shape index (κ1) is 30.3. The van der Waals surface area contributed by atoms with Crippen LogP contribution in [0, 0.1) is 17.5 Å². The van der Waals surface area contributed by atoms with E-state index in [1.54, 1.807) is 31.7 Å². The molecule has 0 radical (unpaired) electrons. The van der Waals surface area contributed by atoms with Gasteiger partial charge in [0.2, 0.25) is 0 Å². The molecule has 1 aliphatic heterocycles. The minimum absolute atomic E-state index is 0.0355. The second-order valence-electron chi connectivity index (χ2n) is 11.1. The number of ether oxygens (including phenoxy) is 3. The van der Waals surface area contributed by atoms with E-state index in [0.29, 0.717) is 31.1 Å². The molecule has 3 heterocycles. The van der Waals surface area contributed by atoms with E-state index in [4.69, 9.17) is 19.9 Å². The predicted octanol–water partition coefficient (Wildman–Crippen LogP) is 6.46. The maximum atomic E-state index is 15.4. The second-order valence-corrected chi connectivity index (χ2v) is 12.0. The van der Waals surface area contributed by atoms with E-state index in [9.17, 15) is 14.0 Å². The third-order valence-corrected chi connectivity index (χ3v) is 7.83. The van der Waals surface area contributed by atoms with Crippen LogP contribution in [-0.2, 0) is 22.4 Å². The number of primary amides is 1. The van der Waals surface area contributed by atoms with E-state index in [0.717, 1.165) is 28.5 Å². The molecule has 2 amide bonds. The molecule has 0 aliphatic carbocycles. The monoisotopic (exact) mass is 613 g/mol. The van der Waals surface area contributed by atoms with Gasteiger partial charge in [0, 0.05) is 53.5 Å². The van der Waals surface area contributed by atoms with Crippen LogP contribution in [0.2, 0.25) is 0 Å². The molecule has 43 heavy (non-hydrogen) atoms. The van der Waals surface area contributed by atoms with E-state index in [1.807, 2.05) is 12.1 Å². The van der Waals surface area contributed by atoms with Gasteiger partial charge in [0.05, 0.1) is 23.3 Å². The van der Waals surface area contributed by atoms with Crippen LogP contribution in [0.15, 0.2) is 35.7 Å². The third-order valence-electron chi connectivity index (χ3n) is 6.86. The van der Waals surface area contributed by atoms with Crippen molar-refractivity contribution < 1.29 is 37.0 Å². The van der Waals surface area contributed by atoms with Crippen LogP contribution in [0.5, 0.6) is 5.75 Å². The molecule has 0 spiro atoms. The lowest BCUT2D eigenvalue weighted by Crippen LogP contribution is -2.39. The summed E-state index contributed by atoms with van der Waals surface area (Å²) in [5.41, 5.74) is 6.93. The first-order chi connectivity index (χ1) is 20.4. The van der Waals surface area contributed by atoms with Gasteiger partial charge in [0.15, 0.2) is 0 Å². The summed E-state index contributed by atoms with van der Waals surface area (Å²) in [4.78, 5) is 31.5. The van der Waals surface area contributed by atoms with Crippen molar-refractivity contribution in [3.05, 3.63) is 70.0 Å². The number of fused-ring (bicyclic) bond motifs is 2. The van der Waals surface area contributed by atoms with Gasteiger partial charge in [0.1, 0.15) is 41.1 Å². The van der Waals surface area contributed by atoms with Crippen molar-refractivity contribution in [2.75, 3.05) is 26.9 Å². The zero-order valence-electron chi connectivity index (χ0n) is 24.1. The van der Waals surface area contributed by atoms with Crippen LogP contribution < -0.4 is 10.5 Å². The number of aromatic nitrogens is 1. The molecule has 1 aliphatic rings. The Morgan fingerprint density at radius 1 is 1.05 bits per heavy atom. The maximum absolute atomic E-state index is 15.4. The number of pyridine rings is 1. The van der Waals surface area contributed by atoms with Gasteiger partial charge in [-0.1, -0.05) is 12.1 Å². The summed E-state index contributed by atoms with van der Waals surface area (Å²) in [6.45, 7) is 6.26. The van der Waals surface area contributed by atoms with Gasteiger partial charge in [-0.3, -0.25) is 4.79 Å². The fourth-order valence-electron chi connectivity index (χ4n) is 5.02. The number of benzene rings is 2. The summed E-state index contributed by atoms with van der Waals surface area (Å²) in [6, 6.07) is 7.00. The van der Waals surface area contributed by atoms with E-state index in [2.05, 4.69) is 4.98 Å². The van der Waals surface area contributed by atoms with Gasteiger partial charge < -0.3 is 24.8 Å². The quantitative estimate of drug-likeness (QED) is 0.240. The molecule has 4 aromatic rings. The van der Waals surface area contributed by atoms with Crippen LogP contribution in [-0.4, -0.2) is 54.4 Å². The van der Waals surface area contributed by atoms with Gasteiger partial charge >= 0.3 is 6.09 Å². The second kappa shape index (κ2) is 11.8. The van der Waals surface area contributed by atoms with Crippen molar-refractivity contribution in [3.63, 3.8) is 0 Å². The number of rotatable bonds is 7. The summed E-state index contributed by atoms with van der Waals surface area (Å²) in [5, 5.41) is 1.29. The highest BCUT2D eigenvalue weighted by molar-refractivity contribution is 7.18. The fourth-order valence-corrected chi connectivity index (χ4v) is 5.98. The lowest BCUT2D eigenvalue weighted by molar-refractivity contribution is 0.0224. The molecule has 226 valence electrons. The normalized spacial score (nSPS) is 13.2. The topological polar surface area (TPSA) is 104 Å². The minimum atomic E-state index is -1.03. The Bertz CT molecular complexity index is 1730. The van der Waals surface area contributed by atoms with Crippen LogP contribution in [0.1, 0.15) is 42.4 Å². The zero-order valence-corrected chi connectivity index (χ0v) is 24.9. The standard InChI is InChI=1S/C31H30F3N3O5S/c1-31(2,3)42-30(39)37-8-7-16-11-17(5-6-18(16)14-37)26-24-21(34)15-43-28(24)25(27(36-26)29(35)38)23-20(33)12-19(32)13-22(23)41-10-9-40-4/h5-6,11-13,15H,7-10,14H2,1-4H3,(H2,35,38). The van der Waals surface area contributed by atoms with Gasteiger partial charge in [-0.25, -0.2) is 22.9 Å². The molecule has 2 aromatic heterocycles. The van der Waals surface area contributed by atoms with E-state index >= 15 is 8.78 Å². The van der Waals surface area contributed by atoms with E-state index < -0.39 is 35.1 Å². The fraction of sp³-hybridized carbons (Fsp3) is 0.323. The highest BCUT2D eigenvalue weighted by atomic mass is 32.1. The lowest BCUT2D eigenvalue weighted by atomic mass is 9.93. The molecule has 0 bridgehead atoms. The number of carbonyl (C=O) groups is 2. The van der Waals surface area contributed by atoms with E-state index in [1.165, 1.54) is 12.5 Å². The molecule has 0 saturated heterocycles. The van der Waals surface area contributed by atoms with Gasteiger partial charge in [0.25, 0.3) is 5.91 Å². The summed E-state index contributed by atoms with van der Waals surface area (Å²) >= 11 is 0.941. The number of nitrogens with zero attached hydrogens (tertiary/aromatic N) is 2. The number of amides is 2. The maximum Gasteiger partial charge on any atom is 0.410 e. The largest absolute Gasteiger partial charge is 0.490 e. The Balaban J connectivity index is 1.63. The average Bonchev–Trinajstić information content (AvgIpc) is 3.32. The molecule has 12 heteroatoms. The number of halogens is 3. The highest BCUT2D eigenvalue weighted by Gasteiger charge is 2.30. The number of hydrogen-bond acceptors (Lipinski definition) is 7. The first-order valence-corrected chi connectivity index (χ1v) is 14.4. The van der Waals surface area contributed by atoms with E-state index in [-0.39, 0.29) is 51.6 Å². The van der Waals surface area contributed by atoms with Crippen molar-refractivity contribution in [2.24, 2.45) is 5.73 Å². The molecule has 2 aromatic carbocycles. The van der Waals surface area contributed by atoms with Crippen molar-refractivity contribution in [1.29, 1.82) is 0 Å². The van der Waals surface area contributed by atoms with Crippen LogP contribution >= 0.6 is 11.3 Å². The SMILES string of the molecule is COCCOc1cc(F)cc(F)c1-c1c(C(N)=O)nc(-c2ccc3c(c2)CCN(C(=O)OC(C)(C)C)C3)c2c(F)csc12. The molecule has 0 saturated carbocycles. The number of methoxy groups -OCH3 is 1. The van der Waals surface area contributed by atoms with Gasteiger partial charge in [-0.2, -0.15) is 0 Å². The van der Waals surface area contributed by atoms with Crippen LogP contribution in [0.25, 0.3) is 32.5 Å². The highest BCUT2D eigenvalue weighted by Crippen LogP contribution is 2.45. The molecule has 5 rings (SSSR count). The Morgan fingerprint density at radius 3 is 2.51 bits per heavy atom. The van der Waals surface area contributed by atoms with Crippen molar-refractivity contribution in [3.8, 4) is 28.1 Å². The molecule has 0 unspecified atom stereocenters. The smallest absolute Gasteiger partial charge is 0.410 e. The summed E-state index contributed by atoms with van der Waals surface area (Å²) in [7, 11) is 1.44. The summed E-state index contributed by atoms with van der Waals surface area (Å²) < 4.78 is 61.4. The van der Waals surface area contributed by atoms with Crippen LogP contribution in [0.4, 0.5) is 18.0 Å². The summed E-state index contributed by atoms with van der Waals surface area (Å²) in [6.07, 6.45) is 0.104. The molecular weight excluding hydrogens is 583 g/mol. The number of thiophene rings is 1.